The van der Waals surface area contributed by atoms with Crippen molar-refractivity contribution in [2.45, 2.75) is 33.2 Å². The smallest absolute Gasteiger partial charge is 0.271 e. The highest BCUT2D eigenvalue weighted by Crippen LogP contribution is 2.13. The van der Waals surface area contributed by atoms with Crippen LogP contribution in [0.2, 0.25) is 0 Å². The Morgan fingerprint density at radius 3 is 2.64 bits per heavy atom. The molecule has 0 radical (unpaired) electrons. The summed E-state index contributed by atoms with van der Waals surface area (Å²) >= 11 is 0. The first-order valence-corrected chi connectivity index (χ1v) is 7.95. The van der Waals surface area contributed by atoms with E-state index >= 15 is 0 Å². The zero-order valence-electron chi connectivity index (χ0n) is 13.7. The van der Waals surface area contributed by atoms with Crippen molar-refractivity contribution in [2.75, 3.05) is 32.8 Å². The van der Waals surface area contributed by atoms with Gasteiger partial charge in [0.25, 0.3) is 5.91 Å². The molecule has 1 aliphatic rings. The fourth-order valence-electron chi connectivity index (χ4n) is 2.66. The molecule has 0 bridgehead atoms. The molecular weight excluding hydrogens is 280 g/mol. The van der Waals surface area contributed by atoms with Crippen molar-refractivity contribution in [1.82, 2.24) is 20.2 Å². The Labute approximate surface area is 132 Å². The number of carbonyl (C=O) groups is 1. The van der Waals surface area contributed by atoms with Crippen LogP contribution >= 0.6 is 0 Å². The van der Waals surface area contributed by atoms with Gasteiger partial charge in [-0.3, -0.25) is 14.7 Å². The molecule has 1 aliphatic heterocycles. The van der Waals surface area contributed by atoms with Gasteiger partial charge in [0.05, 0.1) is 25.1 Å². The average Bonchev–Trinajstić information content (AvgIpc) is 2.52. The van der Waals surface area contributed by atoms with Gasteiger partial charge < -0.3 is 10.1 Å². The van der Waals surface area contributed by atoms with Crippen LogP contribution in [0.5, 0.6) is 0 Å². The minimum Gasteiger partial charge on any atom is -0.379 e. The molecule has 0 aromatic carbocycles. The third kappa shape index (κ3) is 5.03. The highest BCUT2D eigenvalue weighted by atomic mass is 16.5. The van der Waals surface area contributed by atoms with Crippen LogP contribution in [0.3, 0.4) is 0 Å². The van der Waals surface area contributed by atoms with Crippen LogP contribution in [0.4, 0.5) is 0 Å². The summed E-state index contributed by atoms with van der Waals surface area (Å²) in [5, 5.41) is 3.00. The molecule has 0 spiro atoms. The summed E-state index contributed by atoms with van der Waals surface area (Å²) < 4.78 is 5.41. The van der Waals surface area contributed by atoms with Crippen molar-refractivity contribution in [3.63, 3.8) is 0 Å². The Balaban J connectivity index is 1.91. The van der Waals surface area contributed by atoms with E-state index in [0.717, 1.165) is 38.4 Å². The number of nitrogens with zero attached hydrogens (tertiary/aromatic N) is 3. The Hall–Kier alpha value is -1.53. The molecular formula is C16H26N4O2. The summed E-state index contributed by atoms with van der Waals surface area (Å²) in [4.78, 5) is 22.8. The molecule has 1 aromatic rings. The molecule has 1 atom stereocenters. The summed E-state index contributed by atoms with van der Waals surface area (Å²) in [6.45, 7) is 10.3. The van der Waals surface area contributed by atoms with Gasteiger partial charge in [-0.2, -0.15) is 0 Å². The molecule has 1 amide bonds. The second-order valence-corrected chi connectivity index (χ2v) is 6.18. The lowest BCUT2D eigenvalue weighted by Crippen LogP contribution is -2.49. The normalized spacial score (nSPS) is 17.5. The molecule has 0 unspecified atom stereocenters. The van der Waals surface area contributed by atoms with Crippen molar-refractivity contribution < 1.29 is 9.53 Å². The number of rotatable bonds is 6. The van der Waals surface area contributed by atoms with Crippen LogP contribution in [0, 0.1) is 12.8 Å². The van der Waals surface area contributed by atoms with E-state index in [1.54, 1.807) is 6.20 Å². The molecule has 22 heavy (non-hydrogen) atoms. The summed E-state index contributed by atoms with van der Waals surface area (Å²) in [6.07, 6.45) is 4.19. The van der Waals surface area contributed by atoms with E-state index in [9.17, 15) is 4.79 Å². The predicted octanol–water partition coefficient (Wildman–Crippen LogP) is 1.26. The van der Waals surface area contributed by atoms with Crippen molar-refractivity contribution in [2.24, 2.45) is 5.92 Å². The SMILES string of the molecule is Cc1cnc(C(=O)NC[C@H](CC(C)C)N2CCOCC2)cn1. The van der Waals surface area contributed by atoms with Gasteiger partial charge in [0.15, 0.2) is 0 Å². The molecule has 6 nitrogen and oxygen atoms in total. The Bertz CT molecular complexity index is 470. The maximum Gasteiger partial charge on any atom is 0.271 e. The van der Waals surface area contributed by atoms with Crippen LogP contribution in [0.1, 0.15) is 36.5 Å². The van der Waals surface area contributed by atoms with E-state index in [1.807, 2.05) is 6.92 Å². The molecule has 122 valence electrons. The number of morpholine rings is 1. The number of aryl methyl sites for hydroxylation is 1. The third-order valence-corrected chi connectivity index (χ3v) is 3.82. The number of amides is 1. The van der Waals surface area contributed by atoms with E-state index in [0.29, 0.717) is 24.2 Å². The Kier molecular flexibility index (Phi) is 6.27. The van der Waals surface area contributed by atoms with Gasteiger partial charge >= 0.3 is 0 Å². The predicted molar refractivity (Wildman–Crippen MR) is 84.7 cm³/mol. The second-order valence-electron chi connectivity index (χ2n) is 6.18. The van der Waals surface area contributed by atoms with Gasteiger partial charge in [0.2, 0.25) is 0 Å². The number of aromatic nitrogens is 2. The lowest BCUT2D eigenvalue weighted by molar-refractivity contribution is 0.0124. The molecule has 1 N–H and O–H groups in total. The minimum atomic E-state index is -0.158. The number of nitrogens with one attached hydrogen (secondary N) is 1. The Morgan fingerprint density at radius 2 is 2.05 bits per heavy atom. The van der Waals surface area contributed by atoms with Gasteiger partial charge in [-0.05, 0) is 19.3 Å². The quantitative estimate of drug-likeness (QED) is 0.857. The van der Waals surface area contributed by atoms with E-state index in [-0.39, 0.29) is 5.91 Å². The fourth-order valence-corrected chi connectivity index (χ4v) is 2.66. The van der Waals surface area contributed by atoms with E-state index < -0.39 is 0 Å². The number of hydrogen-bond donors (Lipinski definition) is 1. The van der Waals surface area contributed by atoms with Gasteiger partial charge in [-0.15, -0.1) is 0 Å². The maximum absolute atomic E-state index is 12.2. The number of carbonyl (C=O) groups excluding carboxylic acids is 1. The van der Waals surface area contributed by atoms with Crippen LogP contribution in [0.25, 0.3) is 0 Å². The first-order valence-electron chi connectivity index (χ1n) is 7.95. The van der Waals surface area contributed by atoms with Gasteiger partial charge in [-0.25, -0.2) is 4.98 Å². The molecule has 1 saturated heterocycles. The van der Waals surface area contributed by atoms with Gasteiger partial charge in [0, 0.05) is 31.9 Å². The summed E-state index contributed by atoms with van der Waals surface area (Å²) in [5.74, 6) is 0.429. The van der Waals surface area contributed by atoms with Crippen molar-refractivity contribution >= 4 is 5.91 Å². The van der Waals surface area contributed by atoms with Crippen molar-refractivity contribution in [3.8, 4) is 0 Å². The molecule has 0 saturated carbocycles. The highest BCUT2D eigenvalue weighted by Gasteiger charge is 2.22. The van der Waals surface area contributed by atoms with Crippen LogP contribution < -0.4 is 5.32 Å². The fraction of sp³-hybridized carbons (Fsp3) is 0.688. The lowest BCUT2D eigenvalue weighted by Gasteiger charge is -2.35. The highest BCUT2D eigenvalue weighted by molar-refractivity contribution is 5.91. The number of hydrogen-bond acceptors (Lipinski definition) is 5. The van der Waals surface area contributed by atoms with Crippen LogP contribution in [-0.4, -0.2) is 59.7 Å². The van der Waals surface area contributed by atoms with Crippen molar-refractivity contribution in [1.29, 1.82) is 0 Å². The summed E-state index contributed by atoms with van der Waals surface area (Å²) in [7, 11) is 0. The largest absolute Gasteiger partial charge is 0.379 e. The molecule has 2 heterocycles. The van der Waals surface area contributed by atoms with Crippen LogP contribution in [-0.2, 0) is 4.74 Å². The monoisotopic (exact) mass is 306 g/mol. The first-order chi connectivity index (χ1) is 10.6. The van der Waals surface area contributed by atoms with Gasteiger partial charge in [0.1, 0.15) is 5.69 Å². The van der Waals surface area contributed by atoms with Crippen LogP contribution in [0.15, 0.2) is 12.4 Å². The van der Waals surface area contributed by atoms with E-state index in [4.69, 9.17) is 4.74 Å². The number of ether oxygens (including phenoxy) is 1. The van der Waals surface area contributed by atoms with E-state index in [1.165, 1.54) is 6.20 Å². The molecule has 1 aromatic heterocycles. The van der Waals surface area contributed by atoms with Crippen molar-refractivity contribution in [3.05, 3.63) is 23.8 Å². The standard InChI is InChI=1S/C16H26N4O2/c1-12(2)8-14(20-4-6-22-7-5-20)10-19-16(21)15-11-17-13(3)9-18-15/h9,11-12,14H,4-8,10H2,1-3H3,(H,19,21)/t14-/m0/s1. The molecule has 6 heteroatoms. The van der Waals surface area contributed by atoms with E-state index in [2.05, 4.69) is 34.0 Å². The maximum atomic E-state index is 12.2. The van der Waals surface area contributed by atoms with Gasteiger partial charge in [-0.1, -0.05) is 13.8 Å². The lowest BCUT2D eigenvalue weighted by atomic mass is 10.0. The summed E-state index contributed by atoms with van der Waals surface area (Å²) in [5.41, 5.74) is 1.18. The zero-order chi connectivity index (χ0) is 15.9. The first kappa shape index (κ1) is 16.8. The summed E-state index contributed by atoms with van der Waals surface area (Å²) in [6, 6.07) is 0.339. The molecule has 0 aliphatic carbocycles. The minimum absolute atomic E-state index is 0.158. The zero-order valence-corrected chi connectivity index (χ0v) is 13.7. The second kappa shape index (κ2) is 8.19. The topological polar surface area (TPSA) is 67.4 Å². The Morgan fingerprint density at radius 1 is 1.32 bits per heavy atom. The third-order valence-electron chi connectivity index (χ3n) is 3.82. The molecule has 1 fully saturated rings. The average molecular weight is 306 g/mol. The molecule has 2 rings (SSSR count).